The molecule has 1 aliphatic rings. The molecule has 0 unspecified atom stereocenters. The van der Waals surface area contributed by atoms with Crippen LogP contribution in [0.15, 0.2) is 24.5 Å². The highest BCUT2D eigenvalue weighted by atomic mass is 35.5. The van der Waals surface area contributed by atoms with E-state index < -0.39 is 0 Å². The SMILES string of the molecule is Clc1ccc(Cn2ccnc2NC2CCCCC2)s1. The minimum atomic E-state index is 0.585. The minimum Gasteiger partial charge on any atom is -0.353 e. The molecule has 2 aromatic heterocycles. The third-order valence-electron chi connectivity index (χ3n) is 3.61. The van der Waals surface area contributed by atoms with Crippen molar-refractivity contribution in [3.8, 4) is 0 Å². The summed E-state index contributed by atoms with van der Waals surface area (Å²) < 4.78 is 3.01. The molecular formula is C14H18ClN3S. The van der Waals surface area contributed by atoms with Crippen LogP contribution in [0.2, 0.25) is 4.34 Å². The molecule has 19 heavy (non-hydrogen) atoms. The lowest BCUT2D eigenvalue weighted by atomic mass is 9.96. The van der Waals surface area contributed by atoms with Crippen LogP contribution in [-0.4, -0.2) is 15.6 Å². The zero-order chi connectivity index (χ0) is 13.1. The van der Waals surface area contributed by atoms with Crippen LogP contribution in [-0.2, 0) is 6.54 Å². The highest BCUT2D eigenvalue weighted by molar-refractivity contribution is 7.16. The van der Waals surface area contributed by atoms with E-state index in [2.05, 4.69) is 20.9 Å². The molecule has 1 aliphatic carbocycles. The van der Waals surface area contributed by atoms with Crippen molar-refractivity contribution in [2.45, 2.75) is 44.7 Å². The van der Waals surface area contributed by atoms with E-state index in [0.717, 1.165) is 16.8 Å². The van der Waals surface area contributed by atoms with E-state index >= 15 is 0 Å². The molecule has 0 radical (unpaired) electrons. The van der Waals surface area contributed by atoms with Gasteiger partial charge in [0.15, 0.2) is 0 Å². The number of thiophene rings is 1. The first-order chi connectivity index (χ1) is 9.31. The van der Waals surface area contributed by atoms with Crippen LogP contribution in [0, 0.1) is 0 Å². The van der Waals surface area contributed by atoms with Gasteiger partial charge in [0.05, 0.1) is 10.9 Å². The van der Waals surface area contributed by atoms with Crippen molar-refractivity contribution >= 4 is 28.9 Å². The largest absolute Gasteiger partial charge is 0.353 e. The second-order valence-electron chi connectivity index (χ2n) is 5.06. The average Bonchev–Trinajstić information content (AvgIpc) is 3.01. The van der Waals surface area contributed by atoms with E-state index in [4.69, 9.17) is 11.6 Å². The van der Waals surface area contributed by atoms with Crippen LogP contribution >= 0.6 is 22.9 Å². The van der Waals surface area contributed by atoms with E-state index in [-0.39, 0.29) is 0 Å². The maximum atomic E-state index is 5.97. The molecule has 0 aromatic carbocycles. The topological polar surface area (TPSA) is 29.9 Å². The average molecular weight is 296 g/mol. The number of aromatic nitrogens is 2. The lowest BCUT2D eigenvalue weighted by Gasteiger charge is -2.23. The Hall–Kier alpha value is -1.00. The Labute approximate surface area is 122 Å². The predicted molar refractivity (Wildman–Crippen MR) is 81.2 cm³/mol. The second kappa shape index (κ2) is 5.97. The Morgan fingerprint density at radius 3 is 2.89 bits per heavy atom. The summed E-state index contributed by atoms with van der Waals surface area (Å²) in [6.07, 6.45) is 10.5. The van der Waals surface area contributed by atoms with Crippen molar-refractivity contribution < 1.29 is 0 Å². The minimum absolute atomic E-state index is 0.585. The number of halogens is 1. The van der Waals surface area contributed by atoms with Crippen LogP contribution < -0.4 is 5.32 Å². The van der Waals surface area contributed by atoms with Gasteiger partial charge in [-0.05, 0) is 25.0 Å². The molecule has 2 heterocycles. The molecule has 1 fully saturated rings. The summed E-state index contributed by atoms with van der Waals surface area (Å²) in [4.78, 5) is 5.70. The van der Waals surface area contributed by atoms with E-state index in [1.807, 2.05) is 18.5 Å². The van der Waals surface area contributed by atoms with Crippen LogP contribution in [0.5, 0.6) is 0 Å². The molecule has 3 rings (SSSR count). The maximum absolute atomic E-state index is 5.97. The zero-order valence-electron chi connectivity index (χ0n) is 10.8. The van der Waals surface area contributed by atoms with Gasteiger partial charge in [0.25, 0.3) is 0 Å². The number of imidazole rings is 1. The first-order valence-corrected chi connectivity index (χ1v) is 8.02. The Morgan fingerprint density at radius 1 is 1.32 bits per heavy atom. The summed E-state index contributed by atoms with van der Waals surface area (Å²) in [6, 6.07) is 4.62. The fourth-order valence-electron chi connectivity index (χ4n) is 2.61. The van der Waals surface area contributed by atoms with E-state index in [9.17, 15) is 0 Å². The number of nitrogens with zero attached hydrogens (tertiary/aromatic N) is 2. The van der Waals surface area contributed by atoms with E-state index in [1.54, 1.807) is 11.3 Å². The molecule has 2 aromatic rings. The highest BCUT2D eigenvalue weighted by Gasteiger charge is 2.15. The number of nitrogens with one attached hydrogen (secondary N) is 1. The molecule has 5 heteroatoms. The van der Waals surface area contributed by atoms with Crippen LogP contribution in [0.25, 0.3) is 0 Å². The van der Waals surface area contributed by atoms with Gasteiger partial charge < -0.3 is 9.88 Å². The third kappa shape index (κ3) is 3.31. The van der Waals surface area contributed by atoms with Crippen LogP contribution in [0.3, 0.4) is 0 Å². The Kier molecular flexibility index (Phi) is 4.09. The van der Waals surface area contributed by atoms with Gasteiger partial charge in [0.1, 0.15) is 0 Å². The van der Waals surface area contributed by atoms with E-state index in [0.29, 0.717) is 6.04 Å². The quantitative estimate of drug-likeness (QED) is 0.906. The van der Waals surface area contributed by atoms with Gasteiger partial charge in [-0.3, -0.25) is 0 Å². The molecule has 102 valence electrons. The fourth-order valence-corrected chi connectivity index (χ4v) is 3.70. The summed E-state index contributed by atoms with van der Waals surface area (Å²) in [6.45, 7) is 0.840. The van der Waals surface area contributed by atoms with Crippen molar-refractivity contribution in [1.29, 1.82) is 0 Å². The summed E-state index contributed by atoms with van der Waals surface area (Å²) >= 11 is 7.60. The molecule has 0 aliphatic heterocycles. The number of rotatable bonds is 4. The van der Waals surface area contributed by atoms with Gasteiger partial charge in [0.2, 0.25) is 5.95 Å². The Bertz CT molecular complexity index is 528. The third-order valence-corrected chi connectivity index (χ3v) is 4.82. The van der Waals surface area contributed by atoms with Crippen molar-refractivity contribution in [1.82, 2.24) is 9.55 Å². The molecular weight excluding hydrogens is 278 g/mol. The van der Waals surface area contributed by atoms with Gasteiger partial charge in [-0.25, -0.2) is 4.98 Å². The summed E-state index contributed by atoms with van der Waals surface area (Å²) in [5.74, 6) is 0.983. The Balaban J connectivity index is 1.67. The second-order valence-corrected chi connectivity index (χ2v) is 6.86. The standard InChI is InChI=1S/C14H18ClN3S/c15-13-7-6-12(19-13)10-18-9-8-16-14(18)17-11-4-2-1-3-5-11/h6-9,11H,1-5,10H2,(H,16,17). The highest BCUT2D eigenvalue weighted by Crippen LogP contribution is 2.24. The van der Waals surface area contributed by atoms with Gasteiger partial charge in [0, 0.05) is 23.3 Å². The predicted octanol–water partition coefficient (Wildman–Crippen LogP) is 4.39. The normalized spacial score (nSPS) is 16.7. The summed E-state index contributed by atoms with van der Waals surface area (Å²) in [5, 5.41) is 3.58. The first-order valence-electron chi connectivity index (χ1n) is 6.83. The lowest BCUT2D eigenvalue weighted by molar-refractivity contribution is 0.459. The first kappa shape index (κ1) is 13.0. The number of hydrogen-bond acceptors (Lipinski definition) is 3. The fraction of sp³-hybridized carbons (Fsp3) is 0.500. The molecule has 3 nitrogen and oxygen atoms in total. The summed E-state index contributed by atoms with van der Waals surface area (Å²) in [7, 11) is 0. The van der Waals surface area contributed by atoms with Crippen molar-refractivity contribution in [2.24, 2.45) is 0 Å². The molecule has 1 saturated carbocycles. The van der Waals surface area contributed by atoms with Crippen LogP contribution in [0.4, 0.5) is 5.95 Å². The van der Waals surface area contributed by atoms with Crippen molar-refractivity contribution in [2.75, 3.05) is 5.32 Å². The van der Waals surface area contributed by atoms with Crippen LogP contribution in [0.1, 0.15) is 37.0 Å². The van der Waals surface area contributed by atoms with Crippen molar-refractivity contribution in [3.05, 3.63) is 33.7 Å². The molecule has 1 N–H and O–H groups in total. The number of anilines is 1. The molecule has 0 spiro atoms. The zero-order valence-corrected chi connectivity index (χ0v) is 12.4. The molecule has 0 atom stereocenters. The molecule has 0 bridgehead atoms. The van der Waals surface area contributed by atoms with Gasteiger partial charge in [-0.15, -0.1) is 11.3 Å². The molecule has 0 amide bonds. The van der Waals surface area contributed by atoms with Crippen molar-refractivity contribution in [3.63, 3.8) is 0 Å². The maximum Gasteiger partial charge on any atom is 0.203 e. The summed E-state index contributed by atoms with van der Waals surface area (Å²) in [5.41, 5.74) is 0. The van der Waals surface area contributed by atoms with E-state index in [1.165, 1.54) is 37.0 Å². The van der Waals surface area contributed by atoms with Gasteiger partial charge in [-0.1, -0.05) is 30.9 Å². The Morgan fingerprint density at radius 2 is 2.16 bits per heavy atom. The molecule has 0 saturated heterocycles. The smallest absolute Gasteiger partial charge is 0.203 e. The lowest BCUT2D eigenvalue weighted by Crippen LogP contribution is -2.24. The number of hydrogen-bond donors (Lipinski definition) is 1. The monoisotopic (exact) mass is 295 g/mol. The van der Waals surface area contributed by atoms with Gasteiger partial charge >= 0.3 is 0 Å². The van der Waals surface area contributed by atoms with Gasteiger partial charge in [-0.2, -0.15) is 0 Å².